The summed E-state index contributed by atoms with van der Waals surface area (Å²) >= 11 is 6.55. The Kier molecular flexibility index (Phi) is 3.52. The fourth-order valence-electron chi connectivity index (χ4n) is 1.77. The zero-order valence-corrected chi connectivity index (χ0v) is 12.6. The summed E-state index contributed by atoms with van der Waals surface area (Å²) in [7, 11) is -3.97. The van der Waals surface area contributed by atoms with Crippen molar-refractivity contribution in [1.82, 2.24) is 8.75 Å². The topological polar surface area (TPSA) is 72.0 Å². The van der Waals surface area contributed by atoms with Crippen LogP contribution in [0.4, 0.5) is 10.1 Å². The predicted octanol–water partition coefficient (Wildman–Crippen LogP) is 3.28. The Morgan fingerprint density at radius 2 is 2.00 bits per heavy atom. The van der Waals surface area contributed by atoms with Crippen molar-refractivity contribution in [2.75, 3.05) is 4.72 Å². The van der Waals surface area contributed by atoms with Crippen LogP contribution in [0.1, 0.15) is 0 Å². The van der Waals surface area contributed by atoms with E-state index in [1.165, 1.54) is 18.2 Å². The van der Waals surface area contributed by atoms with Crippen LogP contribution < -0.4 is 4.72 Å². The minimum Gasteiger partial charge on any atom is -0.277 e. The number of fused-ring (bicyclic) bond motifs is 1. The molecule has 108 valence electrons. The van der Waals surface area contributed by atoms with Gasteiger partial charge >= 0.3 is 0 Å². The molecule has 3 rings (SSSR count). The molecule has 9 heteroatoms. The molecule has 0 aliphatic rings. The summed E-state index contributed by atoms with van der Waals surface area (Å²) in [4.78, 5) is -0.0527. The number of halogens is 2. The Balaban J connectivity index is 2.06. The van der Waals surface area contributed by atoms with Crippen molar-refractivity contribution in [3.05, 3.63) is 47.2 Å². The van der Waals surface area contributed by atoms with Gasteiger partial charge in [-0.25, -0.2) is 12.8 Å². The molecule has 0 amide bonds. The lowest BCUT2D eigenvalue weighted by molar-refractivity contribution is 0.599. The average molecular weight is 344 g/mol. The van der Waals surface area contributed by atoms with Crippen LogP contribution in [0, 0.1) is 5.82 Å². The first-order valence-electron chi connectivity index (χ1n) is 5.66. The lowest BCUT2D eigenvalue weighted by Crippen LogP contribution is -2.14. The summed E-state index contributed by atoms with van der Waals surface area (Å²) in [5.41, 5.74) is 0.545. The molecule has 0 fully saturated rings. The summed E-state index contributed by atoms with van der Waals surface area (Å²) in [5, 5.41) is 0.182. The quantitative estimate of drug-likeness (QED) is 0.792. The number of rotatable bonds is 3. The summed E-state index contributed by atoms with van der Waals surface area (Å²) in [5.74, 6) is -0.755. The molecule has 0 saturated heterocycles. The van der Waals surface area contributed by atoms with E-state index in [9.17, 15) is 12.8 Å². The molecule has 0 bridgehead atoms. The third kappa shape index (κ3) is 2.69. The smallest absolute Gasteiger partial charge is 0.264 e. The Labute approximate surface area is 128 Å². The van der Waals surface area contributed by atoms with Gasteiger partial charge < -0.3 is 0 Å². The maximum atomic E-state index is 13.7. The molecule has 5 nitrogen and oxygen atoms in total. The third-order valence-corrected chi connectivity index (χ3v) is 4.89. The van der Waals surface area contributed by atoms with Gasteiger partial charge in [0.1, 0.15) is 21.7 Å². The van der Waals surface area contributed by atoms with E-state index in [0.717, 1.165) is 17.8 Å². The van der Waals surface area contributed by atoms with E-state index < -0.39 is 15.8 Å². The van der Waals surface area contributed by atoms with Crippen LogP contribution in [0.5, 0.6) is 0 Å². The number of hydrogen-bond donors (Lipinski definition) is 1. The van der Waals surface area contributed by atoms with Gasteiger partial charge in [-0.1, -0.05) is 17.7 Å². The minimum atomic E-state index is -3.97. The molecule has 0 radical (unpaired) electrons. The molecule has 2 aromatic carbocycles. The van der Waals surface area contributed by atoms with E-state index in [4.69, 9.17) is 11.6 Å². The largest absolute Gasteiger partial charge is 0.277 e. The van der Waals surface area contributed by atoms with Crippen molar-refractivity contribution < 1.29 is 12.8 Å². The molecular weight excluding hydrogens is 337 g/mol. The molecule has 0 aliphatic carbocycles. The SMILES string of the molecule is O=S(=O)(Nc1ccc(Cl)cc1F)c1cccc2nsnc12. The van der Waals surface area contributed by atoms with Crippen molar-refractivity contribution in [3.8, 4) is 0 Å². The Hall–Kier alpha value is -1.77. The van der Waals surface area contributed by atoms with Gasteiger partial charge in [-0.15, -0.1) is 0 Å². The van der Waals surface area contributed by atoms with Gasteiger partial charge in [0.15, 0.2) is 0 Å². The van der Waals surface area contributed by atoms with Crippen molar-refractivity contribution in [3.63, 3.8) is 0 Å². The first-order chi connectivity index (χ1) is 9.97. The Morgan fingerprint density at radius 1 is 1.19 bits per heavy atom. The van der Waals surface area contributed by atoms with Crippen molar-refractivity contribution >= 4 is 50.1 Å². The number of benzene rings is 2. The molecule has 0 spiro atoms. The first-order valence-corrected chi connectivity index (χ1v) is 8.26. The van der Waals surface area contributed by atoms with Gasteiger partial charge in [0.05, 0.1) is 17.4 Å². The Morgan fingerprint density at radius 3 is 2.76 bits per heavy atom. The van der Waals surface area contributed by atoms with Gasteiger partial charge in [-0.05, 0) is 30.3 Å². The normalized spacial score (nSPS) is 11.7. The monoisotopic (exact) mass is 343 g/mol. The van der Waals surface area contributed by atoms with Gasteiger partial charge in [-0.3, -0.25) is 4.72 Å². The van der Waals surface area contributed by atoms with Gasteiger partial charge in [0.2, 0.25) is 0 Å². The first kappa shape index (κ1) is 14.2. The van der Waals surface area contributed by atoms with Gasteiger partial charge in [0, 0.05) is 5.02 Å². The second kappa shape index (κ2) is 5.21. The fourth-order valence-corrected chi connectivity index (χ4v) is 3.76. The van der Waals surface area contributed by atoms with E-state index in [0.29, 0.717) is 5.52 Å². The molecule has 0 unspecified atom stereocenters. The van der Waals surface area contributed by atoms with Gasteiger partial charge in [-0.2, -0.15) is 8.75 Å². The number of nitrogens with zero attached hydrogens (tertiary/aromatic N) is 2. The number of hydrogen-bond acceptors (Lipinski definition) is 5. The molecular formula is C12H7ClFN3O2S2. The zero-order chi connectivity index (χ0) is 15.0. The van der Waals surface area contributed by atoms with Crippen LogP contribution in [-0.2, 0) is 10.0 Å². The number of anilines is 1. The highest BCUT2D eigenvalue weighted by Gasteiger charge is 2.21. The summed E-state index contributed by atoms with van der Waals surface area (Å²) in [6.45, 7) is 0. The van der Waals surface area contributed by atoms with Crippen LogP contribution >= 0.6 is 23.3 Å². The summed E-state index contributed by atoms with van der Waals surface area (Å²) in [6.07, 6.45) is 0. The number of nitrogens with one attached hydrogen (secondary N) is 1. The van der Waals surface area contributed by atoms with Crippen LogP contribution in [0.2, 0.25) is 5.02 Å². The van der Waals surface area contributed by atoms with E-state index >= 15 is 0 Å². The predicted molar refractivity (Wildman–Crippen MR) is 79.6 cm³/mol. The molecule has 1 aromatic heterocycles. The van der Waals surface area contributed by atoms with Crippen LogP contribution in [-0.4, -0.2) is 17.2 Å². The molecule has 3 aromatic rings. The minimum absolute atomic E-state index is 0.0527. The molecule has 0 aliphatic heterocycles. The van der Waals surface area contributed by atoms with E-state index in [2.05, 4.69) is 13.5 Å². The standard InChI is InChI=1S/C12H7ClFN3O2S2/c13-7-4-5-9(8(14)6-7)17-21(18,19)11-3-1-2-10-12(11)16-20-15-10/h1-6,17H. The summed E-state index contributed by atoms with van der Waals surface area (Å²) < 4.78 is 48.6. The number of sulfonamides is 1. The van der Waals surface area contributed by atoms with E-state index in [-0.39, 0.29) is 21.1 Å². The second-order valence-corrected chi connectivity index (χ2v) is 6.73. The van der Waals surface area contributed by atoms with Gasteiger partial charge in [0.25, 0.3) is 10.0 Å². The van der Waals surface area contributed by atoms with E-state index in [1.54, 1.807) is 12.1 Å². The third-order valence-electron chi connectivity index (χ3n) is 2.71. The highest BCUT2D eigenvalue weighted by molar-refractivity contribution is 7.93. The molecule has 21 heavy (non-hydrogen) atoms. The maximum Gasteiger partial charge on any atom is 0.264 e. The average Bonchev–Trinajstić information content (AvgIpc) is 2.90. The number of aromatic nitrogens is 2. The molecule has 1 heterocycles. The van der Waals surface area contributed by atoms with Crippen molar-refractivity contribution in [2.45, 2.75) is 4.90 Å². The highest BCUT2D eigenvalue weighted by atomic mass is 35.5. The second-order valence-electron chi connectivity index (χ2n) is 4.12. The molecule has 0 atom stereocenters. The van der Waals surface area contributed by atoms with Crippen molar-refractivity contribution in [2.24, 2.45) is 0 Å². The van der Waals surface area contributed by atoms with E-state index in [1.807, 2.05) is 0 Å². The van der Waals surface area contributed by atoms with Crippen LogP contribution in [0.15, 0.2) is 41.3 Å². The Bertz CT molecular complexity index is 927. The van der Waals surface area contributed by atoms with Crippen molar-refractivity contribution in [1.29, 1.82) is 0 Å². The lowest BCUT2D eigenvalue weighted by atomic mass is 10.3. The lowest BCUT2D eigenvalue weighted by Gasteiger charge is -2.09. The zero-order valence-electron chi connectivity index (χ0n) is 10.2. The maximum absolute atomic E-state index is 13.7. The highest BCUT2D eigenvalue weighted by Crippen LogP contribution is 2.25. The summed E-state index contributed by atoms with van der Waals surface area (Å²) in [6, 6.07) is 8.28. The van der Waals surface area contributed by atoms with Crippen LogP contribution in [0.3, 0.4) is 0 Å². The molecule has 0 saturated carbocycles. The molecule has 1 N–H and O–H groups in total. The van der Waals surface area contributed by atoms with Crippen LogP contribution in [0.25, 0.3) is 11.0 Å². The fraction of sp³-hybridized carbons (Fsp3) is 0.